The highest BCUT2D eigenvalue weighted by molar-refractivity contribution is 6.01. The van der Waals surface area contributed by atoms with Crippen molar-refractivity contribution in [3.05, 3.63) is 72.4 Å². The Balaban J connectivity index is 1.49. The summed E-state index contributed by atoms with van der Waals surface area (Å²) in [6, 6.07) is 15.7. The zero-order valence-electron chi connectivity index (χ0n) is 15.9. The van der Waals surface area contributed by atoms with Crippen LogP contribution >= 0.6 is 0 Å². The Kier molecular flexibility index (Phi) is 5.42. The fourth-order valence-electron chi connectivity index (χ4n) is 3.25. The SMILES string of the molecule is O=C(c1ccc(NC(=O)N(c2ccccc2)N2N=CC=CN2)cc1)N1CCCC1. The van der Waals surface area contributed by atoms with Gasteiger partial charge in [0.15, 0.2) is 0 Å². The first-order valence-corrected chi connectivity index (χ1v) is 9.53. The van der Waals surface area contributed by atoms with Gasteiger partial charge in [-0.15, -0.1) is 5.10 Å². The summed E-state index contributed by atoms with van der Waals surface area (Å²) < 4.78 is 0. The molecule has 0 aliphatic carbocycles. The summed E-state index contributed by atoms with van der Waals surface area (Å²) in [4.78, 5) is 27.3. The van der Waals surface area contributed by atoms with Gasteiger partial charge in [0.05, 0.1) is 11.9 Å². The Hall–Kier alpha value is -3.81. The van der Waals surface area contributed by atoms with Crippen molar-refractivity contribution in [3.8, 4) is 0 Å². The summed E-state index contributed by atoms with van der Waals surface area (Å²) in [5, 5.41) is 9.75. The van der Waals surface area contributed by atoms with Gasteiger partial charge in [-0.05, 0) is 55.3 Å². The molecule has 148 valence electrons. The molecule has 0 bridgehead atoms. The van der Waals surface area contributed by atoms with E-state index >= 15 is 0 Å². The van der Waals surface area contributed by atoms with E-state index < -0.39 is 6.03 Å². The number of para-hydroxylation sites is 1. The molecule has 2 aliphatic rings. The Morgan fingerprint density at radius 2 is 1.72 bits per heavy atom. The lowest BCUT2D eigenvalue weighted by atomic mass is 10.2. The van der Waals surface area contributed by atoms with E-state index in [1.165, 1.54) is 10.2 Å². The van der Waals surface area contributed by atoms with E-state index in [1.54, 1.807) is 42.8 Å². The number of allylic oxidation sites excluding steroid dienone is 1. The molecule has 2 aromatic rings. The van der Waals surface area contributed by atoms with Crippen LogP contribution in [0.4, 0.5) is 16.2 Å². The zero-order valence-corrected chi connectivity index (χ0v) is 15.9. The fraction of sp³-hybridized carbons (Fsp3) is 0.190. The number of hydrazone groups is 1. The molecule has 29 heavy (non-hydrogen) atoms. The maximum Gasteiger partial charge on any atom is 0.348 e. The molecule has 0 atom stereocenters. The first kappa shape index (κ1) is 18.5. The van der Waals surface area contributed by atoms with Crippen LogP contribution in [0.5, 0.6) is 0 Å². The molecule has 1 saturated heterocycles. The minimum absolute atomic E-state index is 0.0323. The summed E-state index contributed by atoms with van der Waals surface area (Å²) in [5.74, 6) is 0.0323. The van der Waals surface area contributed by atoms with E-state index in [0.717, 1.165) is 25.9 Å². The fourth-order valence-corrected chi connectivity index (χ4v) is 3.25. The summed E-state index contributed by atoms with van der Waals surface area (Å²) in [6.45, 7) is 1.61. The molecule has 2 N–H and O–H groups in total. The number of benzene rings is 2. The number of anilines is 2. The molecule has 0 aromatic heterocycles. The highest BCUT2D eigenvalue weighted by Crippen LogP contribution is 2.19. The van der Waals surface area contributed by atoms with E-state index in [-0.39, 0.29) is 5.91 Å². The molecule has 8 heteroatoms. The van der Waals surface area contributed by atoms with Crippen LogP contribution in [0.15, 0.2) is 72.0 Å². The van der Waals surface area contributed by atoms with Crippen molar-refractivity contribution in [1.82, 2.24) is 15.6 Å². The molecular formula is C21H22N6O2. The predicted molar refractivity (Wildman–Crippen MR) is 112 cm³/mol. The van der Waals surface area contributed by atoms with Crippen LogP contribution in [0.2, 0.25) is 0 Å². The maximum atomic E-state index is 13.0. The van der Waals surface area contributed by atoms with E-state index in [9.17, 15) is 9.59 Å². The van der Waals surface area contributed by atoms with Gasteiger partial charge >= 0.3 is 6.03 Å². The molecule has 2 aliphatic heterocycles. The molecule has 3 amide bonds. The first-order valence-electron chi connectivity index (χ1n) is 9.53. The molecule has 1 fully saturated rings. The Morgan fingerprint density at radius 3 is 2.38 bits per heavy atom. The smallest absolute Gasteiger partial charge is 0.339 e. The average Bonchev–Trinajstić information content (AvgIpc) is 3.30. The standard InChI is InChI=1S/C21H22N6O2/c28-20(25-15-4-5-16-25)17-9-11-18(12-10-17)24-21(29)26(19-7-2-1-3-8-19)27-22-13-6-14-23-27/h1-3,6-14,22H,4-5,15-16H2,(H,24,29). The Bertz CT molecular complexity index is 920. The van der Waals surface area contributed by atoms with Crippen LogP contribution in [0, 0.1) is 0 Å². The van der Waals surface area contributed by atoms with Gasteiger partial charge < -0.3 is 10.2 Å². The Morgan fingerprint density at radius 1 is 1.00 bits per heavy atom. The van der Waals surface area contributed by atoms with Crippen LogP contribution in [-0.2, 0) is 0 Å². The van der Waals surface area contributed by atoms with Gasteiger partial charge in [-0.25, -0.2) is 4.79 Å². The largest absolute Gasteiger partial charge is 0.348 e. The molecule has 2 aromatic carbocycles. The van der Waals surface area contributed by atoms with Crippen LogP contribution in [0.1, 0.15) is 23.2 Å². The van der Waals surface area contributed by atoms with Crippen molar-refractivity contribution < 1.29 is 9.59 Å². The van der Waals surface area contributed by atoms with E-state index in [4.69, 9.17) is 0 Å². The maximum absolute atomic E-state index is 13.0. The predicted octanol–water partition coefficient (Wildman–Crippen LogP) is 3.20. The number of hydrogen-bond acceptors (Lipinski definition) is 5. The minimum Gasteiger partial charge on any atom is -0.339 e. The average molecular weight is 390 g/mol. The molecular weight excluding hydrogens is 368 g/mol. The molecule has 8 nitrogen and oxygen atoms in total. The minimum atomic E-state index is -0.394. The van der Waals surface area contributed by atoms with Gasteiger partial charge in [-0.3, -0.25) is 10.2 Å². The second-order valence-corrected chi connectivity index (χ2v) is 6.70. The number of rotatable bonds is 4. The third-order valence-corrected chi connectivity index (χ3v) is 4.71. The first-order chi connectivity index (χ1) is 14.2. The third kappa shape index (κ3) is 4.21. The van der Waals surface area contributed by atoms with Crippen molar-refractivity contribution in [3.63, 3.8) is 0 Å². The third-order valence-electron chi connectivity index (χ3n) is 4.71. The van der Waals surface area contributed by atoms with Crippen molar-refractivity contribution in [2.24, 2.45) is 5.10 Å². The van der Waals surface area contributed by atoms with Crippen LogP contribution in [0.3, 0.4) is 0 Å². The quantitative estimate of drug-likeness (QED) is 0.840. The lowest BCUT2D eigenvalue weighted by Crippen LogP contribution is -2.51. The number of nitrogens with one attached hydrogen (secondary N) is 2. The second kappa shape index (κ2) is 8.47. The number of hydrazine groups is 2. The highest BCUT2D eigenvalue weighted by Gasteiger charge is 2.23. The number of urea groups is 1. The Labute approximate surface area is 169 Å². The molecule has 0 unspecified atom stereocenters. The number of carbonyl (C=O) groups is 2. The van der Waals surface area contributed by atoms with Crippen LogP contribution in [-0.4, -0.2) is 41.4 Å². The zero-order chi connectivity index (χ0) is 20.1. The molecule has 0 saturated carbocycles. The van der Waals surface area contributed by atoms with Crippen molar-refractivity contribution in [2.75, 3.05) is 23.4 Å². The van der Waals surface area contributed by atoms with Crippen molar-refractivity contribution >= 4 is 29.5 Å². The van der Waals surface area contributed by atoms with Crippen molar-refractivity contribution in [1.29, 1.82) is 0 Å². The molecule has 2 heterocycles. The van der Waals surface area contributed by atoms with Gasteiger partial charge in [0, 0.05) is 30.5 Å². The van der Waals surface area contributed by atoms with Gasteiger partial charge in [-0.1, -0.05) is 23.4 Å². The summed E-state index contributed by atoms with van der Waals surface area (Å²) in [6.07, 6.45) is 7.09. The van der Waals surface area contributed by atoms with E-state index in [2.05, 4.69) is 15.8 Å². The van der Waals surface area contributed by atoms with Crippen molar-refractivity contribution in [2.45, 2.75) is 12.8 Å². The number of amides is 3. The molecule has 0 radical (unpaired) electrons. The number of nitrogens with zero attached hydrogens (tertiary/aromatic N) is 4. The van der Waals surface area contributed by atoms with Gasteiger partial charge in [-0.2, -0.15) is 5.01 Å². The van der Waals surface area contributed by atoms with Gasteiger partial charge in [0.2, 0.25) is 0 Å². The summed E-state index contributed by atoms with van der Waals surface area (Å²) >= 11 is 0. The molecule has 0 spiro atoms. The van der Waals surface area contributed by atoms with Crippen LogP contribution < -0.4 is 15.8 Å². The number of hydrogen-bond donors (Lipinski definition) is 2. The van der Waals surface area contributed by atoms with E-state index in [0.29, 0.717) is 16.9 Å². The van der Waals surface area contributed by atoms with E-state index in [1.807, 2.05) is 35.2 Å². The van der Waals surface area contributed by atoms with Crippen LogP contribution in [0.25, 0.3) is 0 Å². The number of likely N-dealkylation sites (tertiary alicyclic amines) is 1. The topological polar surface area (TPSA) is 80.3 Å². The lowest BCUT2D eigenvalue weighted by molar-refractivity contribution is 0.0793. The number of carbonyl (C=O) groups excluding carboxylic acids is 2. The summed E-state index contributed by atoms with van der Waals surface area (Å²) in [7, 11) is 0. The lowest BCUT2D eigenvalue weighted by Gasteiger charge is -2.32. The van der Waals surface area contributed by atoms with Gasteiger partial charge in [0.1, 0.15) is 0 Å². The summed E-state index contributed by atoms with van der Waals surface area (Å²) in [5.41, 5.74) is 4.76. The molecule has 4 rings (SSSR count). The second-order valence-electron chi connectivity index (χ2n) is 6.70. The monoisotopic (exact) mass is 390 g/mol. The van der Waals surface area contributed by atoms with Gasteiger partial charge in [0.25, 0.3) is 5.91 Å². The highest BCUT2D eigenvalue weighted by atomic mass is 16.2. The normalized spacial score (nSPS) is 15.2.